The van der Waals surface area contributed by atoms with Crippen LogP contribution in [0.15, 0.2) is 14.4 Å². The Bertz CT molecular complexity index is 987. The van der Waals surface area contributed by atoms with Crippen LogP contribution in [0.1, 0.15) is 77.0 Å². The normalized spacial score (nSPS) is 12.7. The van der Waals surface area contributed by atoms with Crippen molar-refractivity contribution in [3.8, 4) is 0 Å². The Morgan fingerprint density at radius 1 is 0.333 bits per heavy atom. The molecule has 0 bridgehead atoms. The predicted molar refractivity (Wildman–Crippen MR) is 189 cm³/mol. The second-order valence-electron chi connectivity index (χ2n) is 11.7. The maximum absolute atomic E-state index is 13.5. The number of rotatable bonds is 30. The Kier molecular flexibility index (Phi) is 22.3. The number of hydrogen-bond donors (Lipinski definition) is 0. The standard InChI is InChI=1S/C30H63N3O12Si3/c1-37-46(38-2,39-3)25-19-13-10-16-22-31-28(34)32(23-17-11-14-20-26-47(40-4,41-5)42-6)30(36)33(29(31)35)24-18-12-15-21-27-48(43-7,44-8)45-9/h10-27H2,1-9H3. The Labute approximate surface area is 289 Å². The van der Waals surface area contributed by atoms with Crippen LogP contribution in [-0.2, 0) is 59.5 Å². The molecule has 0 radical (unpaired) electrons. The minimum absolute atomic E-state index is 0.245. The molecule has 15 nitrogen and oxygen atoms in total. The molecule has 1 aromatic rings. The van der Waals surface area contributed by atoms with E-state index in [1.807, 2.05) is 0 Å². The summed E-state index contributed by atoms with van der Waals surface area (Å²) in [5.74, 6) is 0. The van der Waals surface area contributed by atoms with Crippen LogP contribution in [0.5, 0.6) is 0 Å². The quantitative estimate of drug-likeness (QED) is 0.0840. The largest absolute Gasteiger partial charge is 0.500 e. The van der Waals surface area contributed by atoms with E-state index in [0.717, 1.165) is 57.8 Å². The van der Waals surface area contributed by atoms with Crippen molar-refractivity contribution in [1.29, 1.82) is 0 Å². The van der Waals surface area contributed by atoms with Gasteiger partial charge in [0, 0.05) is 102 Å². The molecule has 18 heteroatoms. The van der Waals surface area contributed by atoms with E-state index in [1.165, 1.54) is 13.7 Å². The SMILES string of the molecule is CO[Si](CCCCCCn1c(=O)n(CCCCCC[Si](OC)(OC)OC)c(=O)n(CCCCCC[Si](OC)(OC)OC)c1=O)(OC)OC. The van der Waals surface area contributed by atoms with Gasteiger partial charge in [0.15, 0.2) is 0 Å². The van der Waals surface area contributed by atoms with Crippen LogP contribution in [0, 0.1) is 0 Å². The fraction of sp³-hybridized carbons (Fsp3) is 0.900. The summed E-state index contributed by atoms with van der Waals surface area (Å²) in [7, 11) is 6.45. The average Bonchev–Trinajstić information content (AvgIpc) is 3.12. The van der Waals surface area contributed by atoms with Gasteiger partial charge in [-0.1, -0.05) is 38.5 Å². The second kappa shape index (κ2) is 24.0. The lowest BCUT2D eigenvalue weighted by Gasteiger charge is -2.24. The Balaban J connectivity index is 2.95. The molecule has 0 aliphatic rings. The van der Waals surface area contributed by atoms with Crippen molar-refractivity contribution in [2.24, 2.45) is 0 Å². The van der Waals surface area contributed by atoms with Crippen LogP contribution in [0.4, 0.5) is 0 Å². The van der Waals surface area contributed by atoms with E-state index in [-0.39, 0.29) is 19.6 Å². The molecule has 0 N–H and O–H groups in total. The first-order chi connectivity index (χ1) is 23.1. The lowest BCUT2D eigenvalue weighted by atomic mass is 10.2. The molecule has 0 fully saturated rings. The molecule has 0 unspecified atom stereocenters. The van der Waals surface area contributed by atoms with Crippen molar-refractivity contribution in [1.82, 2.24) is 13.7 Å². The molecule has 1 aromatic heterocycles. The van der Waals surface area contributed by atoms with Crippen molar-refractivity contribution in [2.75, 3.05) is 64.0 Å². The topological polar surface area (TPSA) is 149 Å². The van der Waals surface area contributed by atoms with Crippen molar-refractivity contribution in [3.63, 3.8) is 0 Å². The van der Waals surface area contributed by atoms with E-state index in [4.69, 9.17) is 39.8 Å². The van der Waals surface area contributed by atoms with Gasteiger partial charge in [-0.05, 0) is 38.5 Å². The van der Waals surface area contributed by atoms with Gasteiger partial charge in [0.05, 0.1) is 0 Å². The molecular formula is C30H63N3O12Si3. The first kappa shape index (κ1) is 44.7. The summed E-state index contributed by atoms with van der Waals surface area (Å²) in [4.78, 5) is 40.5. The highest BCUT2D eigenvalue weighted by molar-refractivity contribution is 6.61. The van der Waals surface area contributed by atoms with E-state index < -0.39 is 43.5 Å². The first-order valence-corrected chi connectivity index (χ1v) is 22.8. The lowest BCUT2D eigenvalue weighted by Crippen LogP contribution is -2.54. The summed E-state index contributed by atoms with van der Waals surface area (Å²) in [6.07, 6.45) is 9.41. The molecule has 48 heavy (non-hydrogen) atoms. The highest BCUT2D eigenvalue weighted by atomic mass is 28.4. The Morgan fingerprint density at radius 2 is 0.521 bits per heavy atom. The van der Waals surface area contributed by atoms with Gasteiger partial charge in [-0.2, -0.15) is 0 Å². The van der Waals surface area contributed by atoms with Crippen LogP contribution in [0.25, 0.3) is 0 Å². The second-order valence-corrected chi connectivity index (χ2v) is 21.0. The number of unbranched alkanes of at least 4 members (excludes halogenated alkanes) is 9. The highest BCUT2D eigenvalue weighted by Gasteiger charge is 2.38. The molecule has 1 heterocycles. The van der Waals surface area contributed by atoms with Gasteiger partial charge >= 0.3 is 43.5 Å². The Morgan fingerprint density at radius 3 is 0.708 bits per heavy atom. The fourth-order valence-electron chi connectivity index (χ4n) is 5.82. The maximum atomic E-state index is 13.5. The summed E-state index contributed by atoms with van der Waals surface area (Å²) in [6, 6.07) is 2.06. The Hall–Kier alpha value is -1.30. The van der Waals surface area contributed by atoms with Gasteiger partial charge in [0.2, 0.25) is 0 Å². The van der Waals surface area contributed by atoms with Crippen molar-refractivity contribution in [3.05, 3.63) is 31.5 Å². The molecule has 0 amide bonds. The zero-order valence-corrected chi connectivity index (χ0v) is 34.0. The van der Waals surface area contributed by atoms with Crippen LogP contribution < -0.4 is 17.1 Å². The predicted octanol–water partition coefficient (Wildman–Crippen LogP) is 3.49. The van der Waals surface area contributed by atoms with Crippen molar-refractivity contribution in [2.45, 2.75) is 115 Å². The molecule has 0 aliphatic heterocycles. The van der Waals surface area contributed by atoms with Crippen molar-refractivity contribution >= 4 is 26.4 Å². The van der Waals surface area contributed by atoms with Gasteiger partial charge < -0.3 is 39.8 Å². The molecule has 0 aliphatic carbocycles. The van der Waals surface area contributed by atoms with Gasteiger partial charge in [0.25, 0.3) is 0 Å². The van der Waals surface area contributed by atoms with Crippen molar-refractivity contribution < 1.29 is 39.8 Å². The third-order valence-electron chi connectivity index (χ3n) is 9.03. The summed E-state index contributed by atoms with van der Waals surface area (Å²) in [5.41, 5.74) is -1.64. The average molecular weight is 742 g/mol. The number of nitrogens with zero attached hydrogens (tertiary/aromatic N) is 3. The molecule has 0 saturated carbocycles. The van der Waals surface area contributed by atoms with E-state index in [1.54, 1.807) is 64.0 Å². The summed E-state index contributed by atoms with van der Waals surface area (Å²) < 4.78 is 53.1. The third kappa shape index (κ3) is 13.4. The van der Waals surface area contributed by atoms with Gasteiger partial charge in [0.1, 0.15) is 0 Å². The smallest absolute Gasteiger partial charge is 0.377 e. The molecule has 282 valence electrons. The monoisotopic (exact) mass is 741 g/mol. The summed E-state index contributed by atoms with van der Waals surface area (Å²) >= 11 is 0. The minimum atomic E-state index is -2.64. The molecule has 0 atom stereocenters. The summed E-state index contributed by atoms with van der Waals surface area (Å²) in [6.45, 7) is 0.735. The zero-order valence-electron chi connectivity index (χ0n) is 31.0. The van der Waals surface area contributed by atoms with Gasteiger partial charge in [-0.3, -0.25) is 0 Å². The van der Waals surface area contributed by atoms with Crippen LogP contribution >= 0.6 is 0 Å². The van der Waals surface area contributed by atoms with E-state index in [2.05, 4.69) is 0 Å². The number of aromatic nitrogens is 3. The van der Waals surface area contributed by atoms with E-state index in [0.29, 0.717) is 37.4 Å². The van der Waals surface area contributed by atoms with E-state index in [9.17, 15) is 14.4 Å². The number of hydrogen-bond acceptors (Lipinski definition) is 12. The summed E-state index contributed by atoms with van der Waals surface area (Å²) in [5, 5.41) is 0. The first-order valence-electron chi connectivity index (χ1n) is 17.0. The van der Waals surface area contributed by atoms with Crippen LogP contribution in [0.3, 0.4) is 0 Å². The third-order valence-corrected chi connectivity index (χ3v) is 17.5. The fourth-order valence-corrected chi connectivity index (χ4v) is 11.2. The highest BCUT2D eigenvalue weighted by Crippen LogP contribution is 2.20. The zero-order chi connectivity index (χ0) is 36.1. The minimum Gasteiger partial charge on any atom is -0.377 e. The van der Waals surface area contributed by atoms with Gasteiger partial charge in [-0.25, -0.2) is 28.1 Å². The van der Waals surface area contributed by atoms with Gasteiger partial charge in [-0.15, -0.1) is 0 Å². The molecule has 0 saturated heterocycles. The van der Waals surface area contributed by atoms with E-state index >= 15 is 0 Å². The molecule has 0 aromatic carbocycles. The molecule has 1 rings (SSSR count). The van der Waals surface area contributed by atoms with Crippen LogP contribution in [0.2, 0.25) is 18.1 Å². The molecule has 0 spiro atoms. The molecular weight excluding hydrogens is 679 g/mol. The van der Waals surface area contributed by atoms with Crippen LogP contribution in [-0.4, -0.2) is 104 Å². The lowest BCUT2D eigenvalue weighted by molar-refractivity contribution is 0.122. The maximum Gasteiger partial charge on any atom is 0.500 e.